The van der Waals surface area contributed by atoms with Crippen LogP contribution >= 0.6 is 15.9 Å². The standard InChI is InChI=1S/C25H30BrNO4/c1-5-30-23(28)20(24(29)31-6-2)22(25(3,4)17-26)27-21(18-13-9-7-10-14-18)19-15-11-8-12-16-19/h7-16,20,22H,5-6,17H2,1-4H3. The number of benzene rings is 2. The second-order valence-electron chi connectivity index (χ2n) is 7.76. The highest BCUT2D eigenvalue weighted by atomic mass is 79.9. The third kappa shape index (κ3) is 6.50. The first-order valence-electron chi connectivity index (χ1n) is 10.4. The maximum atomic E-state index is 12.9. The smallest absolute Gasteiger partial charge is 0.322 e. The molecule has 0 saturated heterocycles. The Balaban J connectivity index is 2.72. The molecule has 0 spiro atoms. The third-order valence-corrected chi connectivity index (χ3v) is 6.35. The molecule has 0 bridgehead atoms. The number of hydrogen-bond donors (Lipinski definition) is 0. The van der Waals surface area contributed by atoms with Gasteiger partial charge in [0.15, 0.2) is 5.92 Å². The van der Waals surface area contributed by atoms with E-state index in [0.717, 1.165) is 11.1 Å². The van der Waals surface area contributed by atoms with Crippen LogP contribution in [0.1, 0.15) is 38.8 Å². The fraction of sp³-hybridized carbons (Fsp3) is 0.400. The summed E-state index contributed by atoms with van der Waals surface area (Å²) in [7, 11) is 0. The van der Waals surface area contributed by atoms with Crippen LogP contribution in [0.15, 0.2) is 65.7 Å². The van der Waals surface area contributed by atoms with Crippen LogP contribution in [-0.4, -0.2) is 42.2 Å². The minimum Gasteiger partial charge on any atom is -0.465 e. The van der Waals surface area contributed by atoms with Gasteiger partial charge in [0.05, 0.1) is 25.0 Å². The van der Waals surface area contributed by atoms with Gasteiger partial charge in [-0.3, -0.25) is 14.6 Å². The third-order valence-electron chi connectivity index (χ3n) is 4.90. The maximum Gasteiger partial charge on any atom is 0.322 e. The summed E-state index contributed by atoms with van der Waals surface area (Å²) in [6.07, 6.45) is 0. The summed E-state index contributed by atoms with van der Waals surface area (Å²) in [5, 5.41) is 0.528. The largest absolute Gasteiger partial charge is 0.465 e. The molecule has 0 saturated carbocycles. The highest BCUT2D eigenvalue weighted by Crippen LogP contribution is 2.34. The Morgan fingerprint density at radius 3 is 1.65 bits per heavy atom. The average Bonchev–Trinajstić information content (AvgIpc) is 2.77. The van der Waals surface area contributed by atoms with Crippen molar-refractivity contribution in [3.63, 3.8) is 0 Å². The zero-order valence-corrected chi connectivity index (χ0v) is 20.1. The average molecular weight is 488 g/mol. The summed E-state index contributed by atoms with van der Waals surface area (Å²) in [6, 6.07) is 18.8. The first-order valence-corrected chi connectivity index (χ1v) is 11.6. The van der Waals surface area contributed by atoms with Crippen LogP contribution in [0.5, 0.6) is 0 Å². The number of nitrogens with zero attached hydrogens (tertiary/aromatic N) is 1. The quantitative estimate of drug-likeness (QED) is 0.203. The number of carbonyl (C=O) groups excluding carboxylic acids is 2. The topological polar surface area (TPSA) is 65.0 Å². The number of ether oxygens (including phenoxy) is 2. The first kappa shape index (κ1) is 24.8. The van der Waals surface area contributed by atoms with Crippen molar-refractivity contribution in [3.05, 3.63) is 71.8 Å². The predicted molar refractivity (Wildman–Crippen MR) is 127 cm³/mol. The summed E-state index contributed by atoms with van der Waals surface area (Å²) in [6.45, 7) is 7.71. The predicted octanol–water partition coefficient (Wildman–Crippen LogP) is 5.06. The molecule has 0 aliphatic rings. The number of hydrogen-bond acceptors (Lipinski definition) is 5. The number of rotatable bonds is 10. The monoisotopic (exact) mass is 487 g/mol. The van der Waals surface area contributed by atoms with E-state index in [4.69, 9.17) is 14.5 Å². The lowest BCUT2D eigenvalue weighted by atomic mass is 9.78. The van der Waals surface area contributed by atoms with Crippen molar-refractivity contribution in [1.82, 2.24) is 0 Å². The van der Waals surface area contributed by atoms with E-state index < -0.39 is 29.3 Å². The van der Waals surface area contributed by atoms with Gasteiger partial charge in [-0.25, -0.2) is 0 Å². The Hall–Kier alpha value is -2.47. The van der Waals surface area contributed by atoms with E-state index >= 15 is 0 Å². The van der Waals surface area contributed by atoms with Crippen LogP contribution in [0.4, 0.5) is 0 Å². The minimum absolute atomic E-state index is 0.171. The Morgan fingerprint density at radius 2 is 1.29 bits per heavy atom. The van der Waals surface area contributed by atoms with Gasteiger partial charge in [-0.15, -0.1) is 0 Å². The van der Waals surface area contributed by atoms with E-state index in [1.165, 1.54) is 0 Å². The van der Waals surface area contributed by atoms with Gasteiger partial charge in [0.25, 0.3) is 0 Å². The molecule has 31 heavy (non-hydrogen) atoms. The molecule has 0 radical (unpaired) electrons. The fourth-order valence-electron chi connectivity index (χ4n) is 3.24. The number of carbonyl (C=O) groups is 2. The Morgan fingerprint density at radius 1 is 0.871 bits per heavy atom. The molecule has 2 aromatic rings. The zero-order chi connectivity index (χ0) is 22.9. The van der Waals surface area contributed by atoms with Gasteiger partial charge in [-0.05, 0) is 19.3 Å². The van der Waals surface area contributed by atoms with Gasteiger partial charge in [0, 0.05) is 16.5 Å². The molecular weight excluding hydrogens is 458 g/mol. The molecule has 0 aliphatic carbocycles. The molecule has 6 heteroatoms. The van der Waals surface area contributed by atoms with Gasteiger partial charge in [-0.1, -0.05) is 90.4 Å². The first-order chi connectivity index (χ1) is 14.9. The molecule has 0 N–H and O–H groups in total. The van der Waals surface area contributed by atoms with Crippen LogP contribution in [-0.2, 0) is 19.1 Å². The van der Waals surface area contributed by atoms with E-state index in [0.29, 0.717) is 11.0 Å². The normalized spacial score (nSPS) is 12.2. The Kier molecular flexibility index (Phi) is 9.44. The summed E-state index contributed by atoms with van der Waals surface area (Å²) in [5.74, 6) is -2.41. The van der Waals surface area contributed by atoms with Crippen LogP contribution in [0, 0.1) is 11.3 Å². The zero-order valence-electron chi connectivity index (χ0n) is 18.5. The molecule has 5 nitrogen and oxygen atoms in total. The molecule has 2 aromatic carbocycles. The van der Waals surface area contributed by atoms with Crippen molar-refractivity contribution in [2.75, 3.05) is 18.5 Å². The van der Waals surface area contributed by atoms with Gasteiger partial charge in [-0.2, -0.15) is 0 Å². The van der Waals surface area contributed by atoms with Crippen molar-refractivity contribution in [1.29, 1.82) is 0 Å². The van der Waals surface area contributed by atoms with Crippen molar-refractivity contribution in [3.8, 4) is 0 Å². The van der Waals surface area contributed by atoms with Crippen LogP contribution in [0.2, 0.25) is 0 Å². The van der Waals surface area contributed by atoms with E-state index in [1.807, 2.05) is 74.5 Å². The lowest BCUT2D eigenvalue weighted by Gasteiger charge is -2.34. The molecular formula is C25H30BrNO4. The summed E-state index contributed by atoms with van der Waals surface area (Å²) < 4.78 is 10.5. The van der Waals surface area contributed by atoms with Crippen molar-refractivity contribution >= 4 is 33.6 Å². The van der Waals surface area contributed by atoms with E-state index in [-0.39, 0.29) is 13.2 Å². The maximum absolute atomic E-state index is 12.9. The number of halogens is 1. The summed E-state index contributed by atoms with van der Waals surface area (Å²) in [4.78, 5) is 30.9. The molecule has 0 heterocycles. The molecule has 166 valence electrons. The lowest BCUT2D eigenvalue weighted by Crippen LogP contribution is -2.46. The number of aliphatic imine (C=N–C) groups is 1. The van der Waals surface area contributed by atoms with Gasteiger partial charge >= 0.3 is 11.9 Å². The van der Waals surface area contributed by atoms with E-state index in [1.54, 1.807) is 13.8 Å². The highest BCUT2D eigenvalue weighted by Gasteiger charge is 2.45. The van der Waals surface area contributed by atoms with Crippen LogP contribution in [0.25, 0.3) is 0 Å². The fourth-order valence-corrected chi connectivity index (χ4v) is 3.58. The lowest BCUT2D eigenvalue weighted by molar-refractivity contribution is -0.164. The second kappa shape index (κ2) is 11.8. The van der Waals surface area contributed by atoms with E-state index in [2.05, 4.69) is 15.9 Å². The Labute approximate surface area is 193 Å². The summed E-state index contributed by atoms with van der Waals surface area (Å²) >= 11 is 3.55. The number of esters is 2. The molecule has 0 aromatic heterocycles. The van der Waals surface area contributed by atoms with Crippen molar-refractivity contribution in [2.24, 2.45) is 16.3 Å². The molecule has 1 atom stereocenters. The summed E-state index contributed by atoms with van der Waals surface area (Å²) in [5.41, 5.74) is 1.96. The molecule has 0 aliphatic heterocycles. The molecule has 0 fully saturated rings. The number of alkyl halides is 1. The molecule has 2 rings (SSSR count). The van der Waals surface area contributed by atoms with Gasteiger partial charge < -0.3 is 9.47 Å². The van der Waals surface area contributed by atoms with Crippen molar-refractivity contribution in [2.45, 2.75) is 33.7 Å². The van der Waals surface area contributed by atoms with Crippen molar-refractivity contribution < 1.29 is 19.1 Å². The van der Waals surface area contributed by atoms with Crippen LogP contribution in [0.3, 0.4) is 0 Å². The Bertz CT molecular complexity index is 821. The SMILES string of the molecule is CCOC(=O)C(C(=O)OCC)C(N=C(c1ccccc1)c1ccccc1)C(C)(C)CBr. The second-order valence-corrected chi connectivity index (χ2v) is 8.32. The minimum atomic E-state index is -1.17. The van der Waals surface area contributed by atoms with Gasteiger partial charge in [0.1, 0.15) is 0 Å². The molecule has 0 amide bonds. The van der Waals surface area contributed by atoms with E-state index in [9.17, 15) is 9.59 Å². The molecule has 1 unspecified atom stereocenters. The highest BCUT2D eigenvalue weighted by molar-refractivity contribution is 9.09. The van der Waals surface area contributed by atoms with Crippen LogP contribution < -0.4 is 0 Å². The van der Waals surface area contributed by atoms with Gasteiger partial charge in [0.2, 0.25) is 0 Å².